The van der Waals surface area contributed by atoms with Crippen molar-refractivity contribution in [1.82, 2.24) is 4.98 Å². The summed E-state index contributed by atoms with van der Waals surface area (Å²) >= 11 is 0. The summed E-state index contributed by atoms with van der Waals surface area (Å²) < 4.78 is 0. The van der Waals surface area contributed by atoms with Gasteiger partial charge in [0.05, 0.1) is 0 Å². The van der Waals surface area contributed by atoms with E-state index in [1.165, 1.54) is 11.1 Å². The zero-order chi connectivity index (χ0) is 12.6. The molecule has 96 valence electrons. The summed E-state index contributed by atoms with van der Waals surface area (Å²) in [6.45, 7) is 3.69. The first kappa shape index (κ1) is 15.2. The molecule has 0 saturated heterocycles. The molecular formula is C17H15FeN. The minimum absolute atomic E-state index is 0. The van der Waals surface area contributed by atoms with Crippen LogP contribution in [-0.2, 0) is 17.1 Å². The fourth-order valence-corrected chi connectivity index (χ4v) is 1.63. The molecule has 2 heteroatoms. The van der Waals surface area contributed by atoms with E-state index in [9.17, 15) is 0 Å². The quantitative estimate of drug-likeness (QED) is 0.499. The van der Waals surface area contributed by atoms with Crippen LogP contribution < -0.4 is 0 Å². The number of nitrogens with zero attached hydrogens (tertiary/aromatic N) is 1. The second-order valence-electron chi connectivity index (χ2n) is 3.81. The van der Waals surface area contributed by atoms with E-state index in [1.54, 1.807) is 12.3 Å². The summed E-state index contributed by atoms with van der Waals surface area (Å²) in [5.74, 6) is 0. The fourth-order valence-electron chi connectivity index (χ4n) is 1.63. The Morgan fingerprint density at radius 2 is 1.79 bits per heavy atom. The molecule has 0 saturated carbocycles. The Labute approximate surface area is 124 Å². The smallest absolute Gasteiger partial charge is 0.273 e. The van der Waals surface area contributed by atoms with Crippen LogP contribution in [0.15, 0.2) is 79.5 Å². The number of hydrogen-bond donors (Lipinski definition) is 0. The predicted octanol–water partition coefficient (Wildman–Crippen LogP) is 4.51. The van der Waals surface area contributed by atoms with Crippen LogP contribution >= 0.6 is 0 Å². The van der Waals surface area contributed by atoms with Crippen molar-refractivity contribution in [2.75, 3.05) is 0 Å². The zero-order valence-electron chi connectivity index (χ0n) is 10.5. The molecule has 1 nitrogen and oxygen atoms in total. The molecule has 1 aromatic heterocycles. The third-order valence-electron chi connectivity index (χ3n) is 2.54. The summed E-state index contributed by atoms with van der Waals surface area (Å²) in [5.41, 5.74) is 3.33. The summed E-state index contributed by atoms with van der Waals surface area (Å²) in [5, 5.41) is 0. The van der Waals surface area contributed by atoms with Crippen molar-refractivity contribution in [3.05, 3.63) is 85.2 Å². The number of rotatable bonds is 2. The van der Waals surface area contributed by atoms with Crippen LogP contribution in [0, 0.1) is 0 Å². The first-order chi connectivity index (χ1) is 8.90. The van der Waals surface area contributed by atoms with Gasteiger partial charge in [-0.1, -0.05) is 24.3 Å². The molecule has 0 N–H and O–H groups in total. The van der Waals surface area contributed by atoms with E-state index in [2.05, 4.69) is 23.7 Å². The van der Waals surface area contributed by atoms with E-state index < -0.39 is 0 Å². The third-order valence-corrected chi connectivity index (χ3v) is 2.54. The first-order valence-corrected chi connectivity index (χ1v) is 5.87. The van der Waals surface area contributed by atoms with E-state index in [1.807, 2.05) is 54.6 Å². The molecule has 3 rings (SSSR count). The Kier molecular flexibility index (Phi) is 6.59. The van der Waals surface area contributed by atoms with Gasteiger partial charge in [0.15, 0.2) is 0 Å². The number of aromatic nitrogens is 1. The second-order valence-corrected chi connectivity index (χ2v) is 3.81. The Morgan fingerprint density at radius 3 is 2.32 bits per heavy atom. The van der Waals surface area contributed by atoms with Crippen molar-refractivity contribution in [3.63, 3.8) is 0 Å². The topological polar surface area (TPSA) is 12.9 Å². The Bertz CT molecular complexity index is 548. The van der Waals surface area contributed by atoms with Gasteiger partial charge in [0, 0.05) is 5.69 Å². The molecule has 0 aliphatic carbocycles. The van der Waals surface area contributed by atoms with E-state index in [0.717, 1.165) is 5.69 Å². The largest absolute Gasteiger partial charge is 2.00 e. The van der Waals surface area contributed by atoms with Crippen LogP contribution in [0.5, 0.6) is 0 Å². The van der Waals surface area contributed by atoms with E-state index in [0.29, 0.717) is 0 Å². The summed E-state index contributed by atoms with van der Waals surface area (Å²) in [6.07, 6.45) is 3.56. The molecule has 0 unspecified atom stereocenters. The standard InChI is InChI=1S/C12H10N.C5H5.Fe/c1-2-12-9-11(7-8-13-12)10-5-3-4-6-10;1-2-4-5-3-1;/h2-9H,1H2;1-5H;/q2*-1;+2. The maximum Gasteiger partial charge on any atom is 2.00 e. The molecule has 0 bridgehead atoms. The van der Waals surface area contributed by atoms with Crippen molar-refractivity contribution in [1.29, 1.82) is 0 Å². The van der Waals surface area contributed by atoms with Crippen LogP contribution in [0.1, 0.15) is 5.69 Å². The Morgan fingerprint density at radius 1 is 1.11 bits per heavy atom. The number of pyridine rings is 1. The third kappa shape index (κ3) is 4.70. The molecule has 19 heavy (non-hydrogen) atoms. The molecule has 0 aliphatic heterocycles. The Balaban J connectivity index is 0.000000256. The van der Waals surface area contributed by atoms with E-state index in [4.69, 9.17) is 0 Å². The molecule has 1 heterocycles. The molecule has 0 atom stereocenters. The van der Waals surface area contributed by atoms with E-state index >= 15 is 0 Å². The van der Waals surface area contributed by atoms with Crippen LogP contribution in [-0.4, -0.2) is 4.98 Å². The maximum absolute atomic E-state index is 4.15. The van der Waals surface area contributed by atoms with Crippen molar-refractivity contribution in [3.8, 4) is 11.1 Å². The fraction of sp³-hybridized carbons (Fsp3) is 0. The maximum atomic E-state index is 4.15. The molecule has 0 radical (unpaired) electrons. The van der Waals surface area contributed by atoms with Gasteiger partial charge in [-0.25, -0.2) is 12.1 Å². The van der Waals surface area contributed by atoms with Crippen LogP contribution in [0.25, 0.3) is 17.2 Å². The molecule has 2 aromatic carbocycles. The van der Waals surface area contributed by atoms with Gasteiger partial charge >= 0.3 is 17.1 Å². The van der Waals surface area contributed by atoms with Crippen molar-refractivity contribution < 1.29 is 17.1 Å². The molecule has 0 spiro atoms. The van der Waals surface area contributed by atoms with Gasteiger partial charge < -0.3 is 0 Å². The minimum Gasteiger partial charge on any atom is -0.273 e. The summed E-state index contributed by atoms with van der Waals surface area (Å²) in [6, 6.07) is 22.3. The average molecular weight is 289 g/mol. The second kappa shape index (κ2) is 8.25. The molecule has 3 aromatic rings. The van der Waals surface area contributed by atoms with Gasteiger partial charge in [0.1, 0.15) is 0 Å². The molecule has 0 amide bonds. The van der Waals surface area contributed by atoms with Crippen molar-refractivity contribution in [2.45, 2.75) is 0 Å². The molecule has 0 fully saturated rings. The van der Waals surface area contributed by atoms with Crippen LogP contribution in [0.3, 0.4) is 0 Å². The predicted molar refractivity (Wildman–Crippen MR) is 77.4 cm³/mol. The van der Waals surface area contributed by atoms with Crippen molar-refractivity contribution in [2.24, 2.45) is 0 Å². The molecular weight excluding hydrogens is 274 g/mol. The van der Waals surface area contributed by atoms with Gasteiger partial charge in [-0.2, -0.15) is 30.3 Å². The minimum atomic E-state index is 0. The molecule has 0 aliphatic rings. The van der Waals surface area contributed by atoms with Crippen molar-refractivity contribution >= 4 is 6.08 Å². The summed E-state index contributed by atoms with van der Waals surface area (Å²) in [4.78, 5) is 4.15. The normalized spacial score (nSPS) is 8.84. The van der Waals surface area contributed by atoms with E-state index in [-0.39, 0.29) is 17.1 Å². The van der Waals surface area contributed by atoms with Crippen LogP contribution in [0.2, 0.25) is 0 Å². The van der Waals surface area contributed by atoms with Crippen LogP contribution in [0.4, 0.5) is 0 Å². The number of hydrogen-bond acceptors (Lipinski definition) is 1. The average Bonchev–Trinajstić information content (AvgIpc) is 3.14. The van der Waals surface area contributed by atoms with Gasteiger partial charge in [-0.15, -0.1) is 23.8 Å². The summed E-state index contributed by atoms with van der Waals surface area (Å²) in [7, 11) is 0. The van der Waals surface area contributed by atoms with Gasteiger partial charge in [0.2, 0.25) is 0 Å². The zero-order valence-corrected chi connectivity index (χ0v) is 11.6. The van der Waals surface area contributed by atoms with Gasteiger partial charge in [-0.05, 0) is 6.20 Å². The SMILES string of the molecule is C=Cc1cc(-[c-]2cccc2)ccn1.[Fe+2].c1cc[cH-]c1. The first-order valence-electron chi connectivity index (χ1n) is 5.87. The Hall–Kier alpha value is -1.89. The van der Waals surface area contributed by atoms with Gasteiger partial charge in [-0.3, -0.25) is 4.98 Å². The van der Waals surface area contributed by atoms with Gasteiger partial charge in [0.25, 0.3) is 0 Å². The monoisotopic (exact) mass is 289 g/mol.